The topological polar surface area (TPSA) is 110 Å². The molecule has 0 spiro atoms. The summed E-state index contributed by atoms with van der Waals surface area (Å²) in [5, 5.41) is 44.3. The van der Waals surface area contributed by atoms with Gasteiger partial charge in [-0.1, -0.05) is 411 Å². The summed E-state index contributed by atoms with van der Waals surface area (Å²) in [7, 11) is 0. The highest BCUT2D eigenvalue weighted by atomic mass is 16.3. The molecule has 4 atom stereocenters. The van der Waals surface area contributed by atoms with Crippen LogP contribution in [0, 0.1) is 0 Å². The maximum Gasteiger partial charge on any atom is 0.249 e. The summed E-state index contributed by atoms with van der Waals surface area (Å²) in [5.74, 6) is -0.576. The lowest BCUT2D eigenvalue weighted by molar-refractivity contribution is -0.132. The van der Waals surface area contributed by atoms with Crippen LogP contribution in [-0.4, -0.2) is 57.3 Å². The van der Waals surface area contributed by atoms with E-state index in [0.717, 1.165) is 44.9 Å². The molecule has 0 saturated heterocycles. The summed E-state index contributed by atoms with van der Waals surface area (Å²) >= 11 is 0. The zero-order valence-electron chi connectivity index (χ0n) is 56.5. The summed E-state index contributed by atoms with van der Waals surface area (Å²) in [5.41, 5.74) is 0. The Morgan fingerprint density at radius 3 is 0.759 bits per heavy atom. The molecular weight excluding hydrogens is 1020 g/mol. The van der Waals surface area contributed by atoms with E-state index in [4.69, 9.17) is 0 Å². The molecule has 0 aromatic heterocycles. The quantitative estimate of drug-likeness (QED) is 0.0308. The van der Waals surface area contributed by atoms with Crippen molar-refractivity contribution in [3.63, 3.8) is 0 Å². The number of hydrogen-bond donors (Lipinski definition) is 5. The summed E-state index contributed by atoms with van der Waals surface area (Å²) in [6, 6.07) is -0.986. The first-order valence-corrected chi connectivity index (χ1v) is 38.2. The first-order chi connectivity index (χ1) is 41.0. The van der Waals surface area contributed by atoms with Crippen LogP contribution < -0.4 is 5.32 Å². The zero-order valence-corrected chi connectivity index (χ0v) is 56.5. The van der Waals surface area contributed by atoms with Gasteiger partial charge in [0.2, 0.25) is 5.91 Å². The molecular formula is C77H151NO5. The van der Waals surface area contributed by atoms with E-state index in [-0.39, 0.29) is 0 Å². The Kier molecular flexibility index (Phi) is 70.5. The van der Waals surface area contributed by atoms with Crippen molar-refractivity contribution in [3.05, 3.63) is 24.3 Å². The lowest BCUT2D eigenvalue weighted by Crippen LogP contribution is -2.53. The highest BCUT2D eigenvalue weighted by Gasteiger charge is 2.29. The molecule has 5 N–H and O–H groups in total. The molecule has 0 aliphatic rings. The van der Waals surface area contributed by atoms with Crippen molar-refractivity contribution in [1.29, 1.82) is 0 Å². The van der Waals surface area contributed by atoms with Crippen molar-refractivity contribution in [3.8, 4) is 0 Å². The molecule has 0 radical (unpaired) electrons. The van der Waals surface area contributed by atoms with Crippen molar-refractivity contribution in [2.45, 2.75) is 456 Å². The monoisotopic (exact) mass is 1170 g/mol. The van der Waals surface area contributed by atoms with Gasteiger partial charge < -0.3 is 25.7 Å². The maximum atomic E-state index is 12.7. The Labute approximate surface area is 520 Å². The van der Waals surface area contributed by atoms with Gasteiger partial charge in [0.1, 0.15) is 12.2 Å². The van der Waals surface area contributed by atoms with Crippen LogP contribution in [-0.2, 0) is 4.79 Å². The van der Waals surface area contributed by atoms with Crippen molar-refractivity contribution >= 4 is 5.91 Å². The number of hydrogen-bond acceptors (Lipinski definition) is 5. The summed E-state index contributed by atoms with van der Waals surface area (Å²) < 4.78 is 0. The predicted octanol–water partition coefficient (Wildman–Crippen LogP) is 24.1. The number of allylic oxidation sites excluding steroid dienone is 4. The van der Waals surface area contributed by atoms with Crippen LogP contribution in [0.3, 0.4) is 0 Å². The molecule has 0 aromatic rings. The predicted molar refractivity (Wildman–Crippen MR) is 367 cm³/mol. The molecule has 6 heteroatoms. The SMILES string of the molecule is CCCCCCCCCCCCCCCCC/C=C\C/C=C\CCCCCCCCCCCCCCCCCCC(O)C(=O)NC(CO)C(O)C(O)CCCCCCCCCCCCCCCCCCCCCCCCCCCCCCC. The number of carbonyl (C=O) groups is 1. The van der Waals surface area contributed by atoms with E-state index < -0.39 is 36.9 Å². The summed E-state index contributed by atoms with van der Waals surface area (Å²) in [4.78, 5) is 12.7. The second kappa shape index (κ2) is 71.5. The lowest BCUT2D eigenvalue weighted by Gasteiger charge is -2.27. The van der Waals surface area contributed by atoms with Gasteiger partial charge in [0.05, 0.1) is 18.8 Å². The molecule has 0 heterocycles. The number of nitrogens with one attached hydrogen (secondary N) is 1. The molecule has 494 valence electrons. The van der Waals surface area contributed by atoms with Gasteiger partial charge in [-0.05, 0) is 44.9 Å². The van der Waals surface area contributed by atoms with Crippen LogP contribution in [0.1, 0.15) is 431 Å². The van der Waals surface area contributed by atoms with E-state index in [1.807, 2.05) is 0 Å². The van der Waals surface area contributed by atoms with Gasteiger partial charge in [-0.2, -0.15) is 0 Å². The molecule has 83 heavy (non-hydrogen) atoms. The fraction of sp³-hybridized carbons (Fsp3) is 0.935. The Bertz CT molecular complexity index is 1270. The fourth-order valence-electron chi connectivity index (χ4n) is 12.5. The maximum absolute atomic E-state index is 12.7. The number of carbonyl (C=O) groups excluding carboxylic acids is 1. The third-order valence-corrected chi connectivity index (χ3v) is 18.4. The Hall–Kier alpha value is -1.21. The smallest absolute Gasteiger partial charge is 0.249 e. The van der Waals surface area contributed by atoms with Gasteiger partial charge >= 0.3 is 0 Å². The van der Waals surface area contributed by atoms with E-state index in [0.29, 0.717) is 12.8 Å². The van der Waals surface area contributed by atoms with Crippen LogP contribution in [0.15, 0.2) is 24.3 Å². The first-order valence-electron chi connectivity index (χ1n) is 38.2. The van der Waals surface area contributed by atoms with Crippen molar-refractivity contribution in [2.24, 2.45) is 0 Å². The van der Waals surface area contributed by atoms with E-state index >= 15 is 0 Å². The van der Waals surface area contributed by atoms with Gasteiger partial charge in [0, 0.05) is 0 Å². The van der Waals surface area contributed by atoms with Crippen LogP contribution >= 0.6 is 0 Å². The van der Waals surface area contributed by atoms with Crippen LogP contribution in [0.5, 0.6) is 0 Å². The average Bonchev–Trinajstić information content (AvgIpc) is 3.54. The Morgan fingerprint density at radius 2 is 0.518 bits per heavy atom. The number of aliphatic hydroxyl groups excluding tert-OH is 4. The zero-order chi connectivity index (χ0) is 60.1. The minimum Gasteiger partial charge on any atom is -0.394 e. The largest absolute Gasteiger partial charge is 0.394 e. The van der Waals surface area contributed by atoms with Crippen LogP contribution in [0.2, 0.25) is 0 Å². The molecule has 4 unspecified atom stereocenters. The van der Waals surface area contributed by atoms with Crippen LogP contribution in [0.25, 0.3) is 0 Å². The van der Waals surface area contributed by atoms with E-state index in [1.54, 1.807) is 0 Å². The number of aliphatic hydroxyl groups is 4. The van der Waals surface area contributed by atoms with E-state index in [1.165, 1.54) is 360 Å². The van der Waals surface area contributed by atoms with Gasteiger partial charge in [0.15, 0.2) is 0 Å². The van der Waals surface area contributed by atoms with E-state index in [9.17, 15) is 25.2 Å². The number of rotatable bonds is 72. The fourth-order valence-corrected chi connectivity index (χ4v) is 12.5. The number of unbranched alkanes of at least 4 members (excludes halogenated alkanes) is 59. The molecule has 0 aliphatic heterocycles. The first kappa shape index (κ1) is 81.8. The van der Waals surface area contributed by atoms with Gasteiger partial charge in [0.25, 0.3) is 0 Å². The minimum absolute atomic E-state index is 0.372. The Balaban J connectivity index is 3.51. The third kappa shape index (κ3) is 65.1. The normalized spacial score (nSPS) is 13.5. The minimum atomic E-state index is -1.26. The summed E-state index contributed by atoms with van der Waals surface area (Å²) in [6.45, 7) is 4.12. The van der Waals surface area contributed by atoms with Gasteiger partial charge in [-0.25, -0.2) is 0 Å². The van der Waals surface area contributed by atoms with Crippen LogP contribution in [0.4, 0.5) is 0 Å². The molecule has 0 aromatic carbocycles. The van der Waals surface area contributed by atoms with Crippen molar-refractivity contribution in [1.82, 2.24) is 5.32 Å². The van der Waals surface area contributed by atoms with Crippen molar-refractivity contribution in [2.75, 3.05) is 6.61 Å². The second-order valence-corrected chi connectivity index (χ2v) is 26.7. The third-order valence-electron chi connectivity index (χ3n) is 18.4. The highest BCUT2D eigenvalue weighted by molar-refractivity contribution is 5.80. The molecule has 0 aliphatic carbocycles. The molecule has 0 fully saturated rings. The lowest BCUT2D eigenvalue weighted by atomic mass is 9.99. The van der Waals surface area contributed by atoms with Gasteiger partial charge in [-0.3, -0.25) is 4.79 Å². The standard InChI is InChI=1S/C77H151NO5/c1-3-5-7-9-11-13-15-17-19-21-23-25-27-29-31-33-34-35-36-37-38-39-40-41-43-45-47-49-51-53-55-57-59-61-63-65-67-69-71-75(81)77(83)78-73(72-79)76(82)74(80)70-68-66-64-62-60-58-56-54-52-50-48-46-44-42-32-30-28-26-24-22-20-18-16-14-12-10-8-6-4-2/h34-35,37-38,73-76,79-82H,3-33,36,39-72H2,1-2H3,(H,78,83)/b35-34-,38-37-. The Morgan fingerprint density at radius 1 is 0.301 bits per heavy atom. The average molecular weight is 1170 g/mol. The molecule has 0 rings (SSSR count). The highest BCUT2D eigenvalue weighted by Crippen LogP contribution is 2.20. The molecule has 0 saturated carbocycles. The second-order valence-electron chi connectivity index (χ2n) is 26.7. The number of amides is 1. The summed E-state index contributed by atoms with van der Waals surface area (Å²) in [6.07, 6.45) is 91.9. The molecule has 1 amide bonds. The molecule has 6 nitrogen and oxygen atoms in total. The van der Waals surface area contributed by atoms with Crippen molar-refractivity contribution < 1.29 is 25.2 Å². The molecule has 0 bridgehead atoms. The van der Waals surface area contributed by atoms with E-state index in [2.05, 4.69) is 43.5 Å². The van der Waals surface area contributed by atoms with Gasteiger partial charge in [-0.15, -0.1) is 0 Å².